The first kappa shape index (κ1) is 19.9. The molecule has 0 radical (unpaired) electrons. The molecule has 2 bridgehead atoms. The minimum absolute atomic E-state index is 0.169. The highest BCUT2D eigenvalue weighted by Gasteiger charge is 2.47. The molecule has 4 aromatic rings. The fourth-order valence-electron chi connectivity index (χ4n) is 6.26. The van der Waals surface area contributed by atoms with E-state index in [-0.39, 0.29) is 12.0 Å². The summed E-state index contributed by atoms with van der Waals surface area (Å²) in [5.74, 6) is 0.508. The molecule has 4 fully saturated rings. The van der Waals surface area contributed by atoms with Gasteiger partial charge in [-0.3, -0.25) is 4.79 Å². The second-order valence-electron chi connectivity index (χ2n) is 10.1. The number of pyridine rings is 1. The van der Waals surface area contributed by atoms with Gasteiger partial charge in [-0.1, -0.05) is 0 Å². The monoisotopic (exact) mass is 460 g/mol. The number of hydrogen-bond acceptors (Lipinski definition) is 5. The molecule has 174 valence electrons. The number of aromatic amines is 1. The van der Waals surface area contributed by atoms with E-state index >= 15 is 0 Å². The van der Waals surface area contributed by atoms with Crippen molar-refractivity contribution in [3.05, 3.63) is 42.1 Å². The van der Waals surface area contributed by atoms with E-state index in [2.05, 4.69) is 21.4 Å². The van der Waals surface area contributed by atoms with E-state index in [4.69, 9.17) is 10.1 Å². The number of H-pyrrole nitrogens is 1. The summed E-state index contributed by atoms with van der Waals surface area (Å²) in [6.45, 7) is 0. The number of aromatic nitrogens is 5. The molecule has 4 aliphatic carbocycles. The van der Waals surface area contributed by atoms with Crippen molar-refractivity contribution in [2.24, 2.45) is 17.8 Å². The molecule has 0 aromatic carbocycles. The van der Waals surface area contributed by atoms with Gasteiger partial charge in [0.2, 0.25) is 0 Å². The predicted octanol–water partition coefficient (Wildman–Crippen LogP) is 4.59. The Morgan fingerprint density at radius 2 is 1.94 bits per heavy atom. The number of hydrogen-bond donors (Lipinski definition) is 3. The van der Waals surface area contributed by atoms with Crippen LogP contribution in [0.25, 0.3) is 27.9 Å². The zero-order valence-electron chi connectivity index (χ0n) is 18.5. The summed E-state index contributed by atoms with van der Waals surface area (Å²) in [4.78, 5) is 24.3. The van der Waals surface area contributed by atoms with E-state index in [1.54, 1.807) is 6.20 Å². The third-order valence-corrected chi connectivity index (χ3v) is 8.08. The average Bonchev–Trinajstić information content (AvgIpc) is 3.45. The van der Waals surface area contributed by atoms with Crippen molar-refractivity contribution in [3.8, 4) is 11.4 Å². The first-order valence-corrected chi connectivity index (χ1v) is 12.1. The van der Waals surface area contributed by atoms with Crippen LogP contribution in [0.4, 0.5) is 10.2 Å². The molecule has 0 spiro atoms. The molecule has 4 aromatic heterocycles. The van der Waals surface area contributed by atoms with Crippen LogP contribution in [0.1, 0.15) is 50.1 Å². The number of carboxylic acid groups (broad SMARTS) is 1. The van der Waals surface area contributed by atoms with Gasteiger partial charge in [0.1, 0.15) is 17.0 Å². The van der Waals surface area contributed by atoms with Crippen LogP contribution in [0.2, 0.25) is 0 Å². The zero-order valence-corrected chi connectivity index (χ0v) is 18.5. The number of aliphatic carboxylic acids is 1. The van der Waals surface area contributed by atoms with E-state index in [9.17, 15) is 14.3 Å². The number of nitrogens with zero attached hydrogens (tertiary/aromatic N) is 4. The number of fused-ring (bicyclic) bond motifs is 5. The van der Waals surface area contributed by atoms with Crippen LogP contribution in [0.15, 0.2) is 30.6 Å². The molecule has 4 heterocycles. The highest BCUT2D eigenvalue weighted by Crippen LogP contribution is 2.47. The summed E-state index contributed by atoms with van der Waals surface area (Å²) in [5, 5.41) is 19.1. The Kier molecular flexibility index (Phi) is 4.25. The zero-order chi connectivity index (χ0) is 23.0. The molecule has 4 saturated carbocycles. The minimum Gasteiger partial charge on any atom is -0.481 e. The highest BCUT2D eigenvalue weighted by molar-refractivity contribution is 5.92. The van der Waals surface area contributed by atoms with Gasteiger partial charge in [0.15, 0.2) is 11.6 Å². The maximum atomic E-state index is 14.0. The lowest BCUT2D eigenvalue weighted by Crippen LogP contribution is -2.51. The molecule has 2 atom stereocenters. The van der Waals surface area contributed by atoms with Crippen LogP contribution in [0.3, 0.4) is 0 Å². The third-order valence-electron chi connectivity index (χ3n) is 8.08. The van der Waals surface area contributed by atoms with Crippen LogP contribution in [0.5, 0.6) is 0 Å². The number of carbonyl (C=O) groups is 1. The number of carboxylic acids is 1. The van der Waals surface area contributed by atoms with Gasteiger partial charge in [-0.2, -0.15) is 0 Å². The predicted molar refractivity (Wildman–Crippen MR) is 124 cm³/mol. The molecule has 4 aliphatic rings. The van der Waals surface area contributed by atoms with Crippen molar-refractivity contribution in [1.82, 2.24) is 24.6 Å². The van der Waals surface area contributed by atoms with Gasteiger partial charge < -0.3 is 15.4 Å². The van der Waals surface area contributed by atoms with Gasteiger partial charge in [0, 0.05) is 34.8 Å². The molecule has 9 heteroatoms. The largest absolute Gasteiger partial charge is 0.481 e. The Morgan fingerprint density at radius 1 is 1.15 bits per heavy atom. The lowest BCUT2D eigenvalue weighted by molar-refractivity contribution is -0.148. The van der Waals surface area contributed by atoms with Crippen molar-refractivity contribution in [1.29, 1.82) is 0 Å². The van der Waals surface area contributed by atoms with E-state index in [0.717, 1.165) is 49.7 Å². The van der Waals surface area contributed by atoms with Gasteiger partial charge in [-0.25, -0.2) is 18.9 Å². The van der Waals surface area contributed by atoms with E-state index < -0.39 is 17.7 Å². The Labute approximate surface area is 194 Å². The summed E-state index contributed by atoms with van der Waals surface area (Å²) >= 11 is 0. The van der Waals surface area contributed by atoms with Crippen LogP contribution >= 0.6 is 0 Å². The van der Waals surface area contributed by atoms with Crippen molar-refractivity contribution >= 4 is 28.3 Å². The molecular formula is C25H25FN6O2. The molecule has 8 rings (SSSR count). The summed E-state index contributed by atoms with van der Waals surface area (Å²) in [7, 11) is 0. The molecule has 3 N–H and O–H groups in total. The lowest BCUT2D eigenvalue weighted by atomic mass is 9.61. The summed E-state index contributed by atoms with van der Waals surface area (Å²) < 4.78 is 15.9. The third kappa shape index (κ3) is 3.02. The average molecular weight is 461 g/mol. The summed E-state index contributed by atoms with van der Waals surface area (Å²) in [6, 6.07) is 5.38. The van der Waals surface area contributed by atoms with E-state index in [1.807, 2.05) is 10.6 Å². The maximum Gasteiger partial charge on any atom is 0.308 e. The Morgan fingerprint density at radius 3 is 2.71 bits per heavy atom. The SMILES string of the molecule is O=C(O)[C@H]1C2CCC(CC2)C1Nc1nc(-c2c[nH]c3ncc(F)cc23)nn2c(C3CC3)ccc12. The summed E-state index contributed by atoms with van der Waals surface area (Å²) in [5.41, 5.74) is 3.22. The second-order valence-corrected chi connectivity index (χ2v) is 10.1. The molecule has 0 saturated heterocycles. The number of anilines is 1. The normalized spacial score (nSPS) is 26.4. The topological polar surface area (TPSA) is 108 Å². The van der Waals surface area contributed by atoms with E-state index in [1.165, 1.54) is 12.3 Å². The Bertz CT molecular complexity index is 1430. The van der Waals surface area contributed by atoms with Gasteiger partial charge in [0.25, 0.3) is 0 Å². The highest BCUT2D eigenvalue weighted by atomic mass is 19.1. The lowest BCUT2D eigenvalue weighted by Gasteiger charge is -2.47. The molecular weight excluding hydrogens is 435 g/mol. The fraction of sp³-hybridized carbons (Fsp3) is 0.440. The minimum atomic E-state index is -0.732. The molecule has 0 amide bonds. The van der Waals surface area contributed by atoms with Gasteiger partial charge in [-0.15, -0.1) is 5.10 Å². The van der Waals surface area contributed by atoms with Crippen molar-refractivity contribution in [2.75, 3.05) is 5.32 Å². The molecule has 0 aliphatic heterocycles. The Hall–Kier alpha value is -3.49. The van der Waals surface area contributed by atoms with Crippen molar-refractivity contribution in [3.63, 3.8) is 0 Å². The van der Waals surface area contributed by atoms with Gasteiger partial charge >= 0.3 is 5.97 Å². The standard InChI is InChI=1S/C25H25FN6O2/c26-15-9-16-17(11-28-22(16)27-10-15)23-30-24(19-8-7-18(12-1-2-12)32(19)31-23)29-21-14-5-3-13(4-6-14)20(21)25(33)34/h7-14,20-21H,1-6H2,(H,27,28)(H,33,34)(H,29,30,31)/t13?,14?,20-,21?/m0/s1. The van der Waals surface area contributed by atoms with E-state index in [0.29, 0.717) is 40.1 Å². The fourth-order valence-corrected chi connectivity index (χ4v) is 6.26. The van der Waals surface area contributed by atoms with Crippen LogP contribution in [0, 0.1) is 23.6 Å². The smallest absolute Gasteiger partial charge is 0.308 e. The number of nitrogens with one attached hydrogen (secondary N) is 2. The summed E-state index contributed by atoms with van der Waals surface area (Å²) in [6.07, 6.45) is 9.24. The second kappa shape index (κ2) is 7.25. The van der Waals surface area contributed by atoms with Gasteiger partial charge in [-0.05, 0) is 68.6 Å². The Balaban J connectivity index is 1.38. The number of rotatable bonds is 5. The van der Waals surface area contributed by atoms with Crippen molar-refractivity contribution < 1.29 is 14.3 Å². The quantitative estimate of drug-likeness (QED) is 0.402. The number of halogens is 1. The van der Waals surface area contributed by atoms with Crippen LogP contribution in [-0.4, -0.2) is 41.7 Å². The van der Waals surface area contributed by atoms with Crippen LogP contribution < -0.4 is 5.32 Å². The first-order valence-electron chi connectivity index (χ1n) is 12.1. The molecule has 8 nitrogen and oxygen atoms in total. The molecule has 34 heavy (non-hydrogen) atoms. The molecule has 1 unspecified atom stereocenters. The van der Waals surface area contributed by atoms with Gasteiger partial charge in [0.05, 0.1) is 12.1 Å². The maximum absolute atomic E-state index is 14.0. The van der Waals surface area contributed by atoms with Crippen molar-refractivity contribution in [2.45, 2.75) is 50.5 Å². The van der Waals surface area contributed by atoms with Crippen LogP contribution in [-0.2, 0) is 4.79 Å². The first-order chi connectivity index (χ1) is 16.6.